The molecule has 0 aliphatic carbocycles. The zero-order valence-corrected chi connectivity index (χ0v) is 20.9. The SMILES string of the molecule is CC(C)CNC(=O)[C@@H](C)N(Cc1ccccc1Cl)C(=O)CSCc1c(Cl)cccc1Cl. The summed E-state index contributed by atoms with van der Waals surface area (Å²) in [5, 5.41) is 4.61. The molecule has 2 rings (SSSR count). The fourth-order valence-corrected chi connectivity index (χ4v) is 4.68. The lowest BCUT2D eigenvalue weighted by molar-refractivity contribution is -0.138. The third kappa shape index (κ3) is 7.90. The Morgan fingerprint density at radius 3 is 2.19 bits per heavy atom. The van der Waals surface area contributed by atoms with E-state index in [0.717, 1.165) is 11.1 Å². The van der Waals surface area contributed by atoms with Crippen LogP contribution in [0.2, 0.25) is 15.1 Å². The van der Waals surface area contributed by atoms with Gasteiger partial charge in [-0.05, 0) is 42.2 Å². The molecule has 4 nitrogen and oxygen atoms in total. The minimum absolute atomic E-state index is 0.153. The normalized spacial score (nSPS) is 12.0. The van der Waals surface area contributed by atoms with Crippen molar-refractivity contribution in [2.45, 2.75) is 39.1 Å². The summed E-state index contributed by atoms with van der Waals surface area (Å²) in [4.78, 5) is 27.4. The van der Waals surface area contributed by atoms with Gasteiger partial charge < -0.3 is 10.2 Å². The number of carbonyl (C=O) groups is 2. The van der Waals surface area contributed by atoms with Crippen LogP contribution in [0.25, 0.3) is 0 Å². The Balaban J connectivity index is 2.11. The summed E-state index contributed by atoms with van der Waals surface area (Å²) in [7, 11) is 0. The Hall–Kier alpha value is -1.40. The van der Waals surface area contributed by atoms with Crippen LogP contribution in [-0.4, -0.2) is 35.1 Å². The lowest BCUT2D eigenvalue weighted by atomic mass is 10.1. The predicted molar refractivity (Wildman–Crippen MR) is 132 cm³/mol. The number of amides is 2. The van der Waals surface area contributed by atoms with Crippen molar-refractivity contribution in [3.8, 4) is 0 Å². The molecule has 0 bridgehead atoms. The minimum atomic E-state index is -0.632. The molecule has 168 valence electrons. The molecule has 2 aromatic rings. The summed E-state index contributed by atoms with van der Waals surface area (Å²) in [6.45, 7) is 6.58. The van der Waals surface area contributed by atoms with Crippen LogP contribution in [0.1, 0.15) is 31.9 Å². The number of benzene rings is 2. The van der Waals surface area contributed by atoms with Crippen LogP contribution in [0.5, 0.6) is 0 Å². The van der Waals surface area contributed by atoms with Gasteiger partial charge in [-0.2, -0.15) is 0 Å². The van der Waals surface area contributed by atoms with E-state index in [2.05, 4.69) is 5.32 Å². The van der Waals surface area contributed by atoms with Crippen molar-refractivity contribution in [2.75, 3.05) is 12.3 Å². The van der Waals surface area contributed by atoms with E-state index >= 15 is 0 Å². The molecule has 31 heavy (non-hydrogen) atoms. The van der Waals surface area contributed by atoms with Crippen molar-refractivity contribution in [1.29, 1.82) is 0 Å². The first-order valence-electron chi connectivity index (χ1n) is 10.0. The Bertz CT molecular complexity index is 888. The van der Waals surface area contributed by atoms with Crippen LogP contribution in [-0.2, 0) is 21.9 Å². The van der Waals surface area contributed by atoms with Crippen molar-refractivity contribution in [2.24, 2.45) is 5.92 Å². The van der Waals surface area contributed by atoms with Crippen molar-refractivity contribution >= 4 is 58.4 Å². The highest BCUT2D eigenvalue weighted by Gasteiger charge is 2.26. The third-order valence-electron chi connectivity index (χ3n) is 4.68. The highest BCUT2D eigenvalue weighted by atomic mass is 35.5. The second-order valence-electron chi connectivity index (χ2n) is 7.62. The Morgan fingerprint density at radius 1 is 0.968 bits per heavy atom. The van der Waals surface area contributed by atoms with Gasteiger partial charge in [-0.15, -0.1) is 11.8 Å². The second-order valence-corrected chi connectivity index (χ2v) is 9.83. The molecule has 8 heteroatoms. The maximum absolute atomic E-state index is 13.1. The van der Waals surface area contributed by atoms with E-state index < -0.39 is 6.04 Å². The van der Waals surface area contributed by atoms with Gasteiger partial charge >= 0.3 is 0 Å². The summed E-state index contributed by atoms with van der Waals surface area (Å²) < 4.78 is 0. The number of nitrogens with zero attached hydrogens (tertiary/aromatic N) is 1. The number of hydrogen-bond acceptors (Lipinski definition) is 3. The zero-order chi connectivity index (χ0) is 23.0. The number of halogens is 3. The average molecular weight is 502 g/mol. The number of carbonyl (C=O) groups excluding carboxylic acids is 2. The molecule has 0 radical (unpaired) electrons. The van der Waals surface area contributed by atoms with Crippen LogP contribution in [0, 0.1) is 5.92 Å². The minimum Gasteiger partial charge on any atom is -0.354 e. The standard InChI is InChI=1S/C23H27Cl3N2O2S/c1-15(2)11-27-23(30)16(3)28(12-17-7-4-5-8-19(17)24)22(29)14-31-13-18-20(25)9-6-10-21(18)26/h4-10,15-16H,11-14H2,1-3H3,(H,27,30)/t16-/m1/s1. The molecule has 0 heterocycles. The number of thioether (sulfide) groups is 1. The monoisotopic (exact) mass is 500 g/mol. The van der Waals surface area contributed by atoms with Crippen molar-refractivity contribution in [1.82, 2.24) is 10.2 Å². The maximum Gasteiger partial charge on any atom is 0.242 e. The van der Waals surface area contributed by atoms with Crippen LogP contribution < -0.4 is 5.32 Å². The molecular weight excluding hydrogens is 475 g/mol. The highest BCUT2D eigenvalue weighted by molar-refractivity contribution is 7.99. The molecule has 0 unspecified atom stereocenters. The molecule has 0 aromatic heterocycles. The van der Waals surface area contributed by atoms with E-state index in [-0.39, 0.29) is 24.1 Å². The lowest BCUT2D eigenvalue weighted by Gasteiger charge is -2.29. The van der Waals surface area contributed by atoms with Gasteiger partial charge in [0, 0.05) is 33.9 Å². The molecule has 0 saturated heterocycles. The lowest BCUT2D eigenvalue weighted by Crippen LogP contribution is -2.48. The first-order valence-corrected chi connectivity index (χ1v) is 12.3. The van der Waals surface area contributed by atoms with Gasteiger partial charge in [-0.25, -0.2) is 0 Å². The number of nitrogens with one attached hydrogen (secondary N) is 1. The largest absolute Gasteiger partial charge is 0.354 e. The summed E-state index contributed by atoms with van der Waals surface area (Å²) in [5.41, 5.74) is 1.59. The average Bonchev–Trinajstić information content (AvgIpc) is 2.72. The van der Waals surface area contributed by atoms with E-state index in [1.807, 2.05) is 32.0 Å². The summed E-state index contributed by atoms with van der Waals surface area (Å²) in [6, 6.07) is 12.0. The van der Waals surface area contributed by atoms with E-state index in [0.29, 0.717) is 33.3 Å². The first kappa shape index (κ1) is 25.9. The van der Waals surface area contributed by atoms with Gasteiger partial charge in [0.1, 0.15) is 6.04 Å². The Labute approximate surface area is 203 Å². The summed E-state index contributed by atoms with van der Waals surface area (Å²) in [6.07, 6.45) is 0. The number of rotatable bonds is 10. The zero-order valence-electron chi connectivity index (χ0n) is 17.8. The van der Waals surface area contributed by atoms with Gasteiger partial charge in [0.2, 0.25) is 11.8 Å². The van der Waals surface area contributed by atoms with Crippen molar-refractivity contribution in [3.05, 3.63) is 68.7 Å². The van der Waals surface area contributed by atoms with E-state index in [1.165, 1.54) is 11.8 Å². The van der Waals surface area contributed by atoms with Crippen LogP contribution in [0.3, 0.4) is 0 Å². The second kappa shape index (κ2) is 12.6. The molecule has 2 aromatic carbocycles. The maximum atomic E-state index is 13.1. The Kier molecular flexibility index (Phi) is 10.5. The predicted octanol–water partition coefficient (Wildman–Crippen LogP) is 6.07. The van der Waals surface area contributed by atoms with Gasteiger partial charge in [-0.3, -0.25) is 9.59 Å². The number of hydrogen-bond donors (Lipinski definition) is 1. The van der Waals surface area contributed by atoms with Gasteiger partial charge in [0.25, 0.3) is 0 Å². The van der Waals surface area contributed by atoms with Crippen molar-refractivity contribution < 1.29 is 9.59 Å². The van der Waals surface area contributed by atoms with Crippen molar-refractivity contribution in [3.63, 3.8) is 0 Å². The summed E-state index contributed by atoms with van der Waals surface area (Å²) in [5.74, 6) is 0.666. The first-order chi connectivity index (χ1) is 14.7. The van der Waals surface area contributed by atoms with E-state index in [9.17, 15) is 9.59 Å². The highest BCUT2D eigenvalue weighted by Crippen LogP contribution is 2.28. The van der Waals surface area contributed by atoms with Crippen LogP contribution >= 0.6 is 46.6 Å². The Morgan fingerprint density at radius 2 is 1.58 bits per heavy atom. The van der Waals surface area contributed by atoms with E-state index in [4.69, 9.17) is 34.8 Å². The molecule has 0 aliphatic rings. The molecule has 1 atom stereocenters. The topological polar surface area (TPSA) is 49.4 Å². The smallest absolute Gasteiger partial charge is 0.242 e. The van der Waals surface area contributed by atoms with Gasteiger partial charge in [-0.1, -0.05) is 72.9 Å². The molecule has 0 saturated carbocycles. The summed E-state index contributed by atoms with van der Waals surface area (Å²) >= 11 is 20.2. The quantitative estimate of drug-likeness (QED) is 0.430. The van der Waals surface area contributed by atoms with E-state index in [1.54, 1.807) is 36.1 Å². The van der Waals surface area contributed by atoms with Crippen LogP contribution in [0.15, 0.2) is 42.5 Å². The molecule has 1 N–H and O–H groups in total. The van der Waals surface area contributed by atoms with Gasteiger partial charge in [0.05, 0.1) is 5.75 Å². The molecule has 0 fully saturated rings. The molecule has 0 aliphatic heterocycles. The molecular formula is C23H27Cl3N2O2S. The fourth-order valence-electron chi connectivity index (χ4n) is 2.84. The fraction of sp³-hybridized carbons (Fsp3) is 0.391. The van der Waals surface area contributed by atoms with Crippen LogP contribution in [0.4, 0.5) is 0 Å². The van der Waals surface area contributed by atoms with Gasteiger partial charge in [0.15, 0.2) is 0 Å². The molecule has 2 amide bonds. The molecule has 0 spiro atoms. The third-order valence-corrected chi connectivity index (χ3v) is 6.70.